The lowest BCUT2D eigenvalue weighted by Gasteiger charge is -2.03. The third-order valence-corrected chi connectivity index (χ3v) is 3.68. The third kappa shape index (κ3) is 4.54. The van der Waals surface area contributed by atoms with Gasteiger partial charge in [-0.3, -0.25) is 9.54 Å². The normalized spacial score (nSPS) is 11.6. The van der Waals surface area contributed by atoms with Gasteiger partial charge in [-0.05, 0) is 23.7 Å². The Hall–Kier alpha value is -1.93. The molecule has 0 atom stereocenters. The molecule has 0 radical (unpaired) electrons. The molecule has 0 aliphatic heterocycles. The number of halogens is 1. The number of nitrogens with zero attached hydrogens (tertiary/aromatic N) is 3. The summed E-state index contributed by atoms with van der Waals surface area (Å²) in [4.78, 5) is 4.04. The molecule has 0 saturated heterocycles. The molecule has 1 N–H and O–H groups in total. The molecule has 21 heavy (non-hydrogen) atoms. The van der Waals surface area contributed by atoms with E-state index in [4.69, 9.17) is 4.55 Å². The summed E-state index contributed by atoms with van der Waals surface area (Å²) in [5.74, 6) is -0.692. The van der Waals surface area contributed by atoms with Crippen LogP contribution in [-0.4, -0.2) is 28.8 Å². The van der Waals surface area contributed by atoms with Gasteiger partial charge in [0, 0.05) is 18.1 Å². The summed E-state index contributed by atoms with van der Waals surface area (Å²) in [6.07, 6.45) is 4.68. The van der Waals surface area contributed by atoms with Crippen LogP contribution in [0.4, 0.5) is 4.39 Å². The van der Waals surface area contributed by atoms with E-state index in [0.29, 0.717) is 17.8 Å². The fourth-order valence-electron chi connectivity index (χ4n) is 1.91. The average molecular weight is 312 g/mol. The summed E-state index contributed by atoms with van der Waals surface area (Å²) >= 11 is 0. The van der Waals surface area contributed by atoms with Crippen molar-refractivity contribution >= 4 is 10.1 Å². The van der Waals surface area contributed by atoms with E-state index in [1.54, 1.807) is 30.1 Å². The fourth-order valence-corrected chi connectivity index (χ4v) is 2.40. The smallest absolute Gasteiger partial charge is 0.265 e. The van der Waals surface area contributed by atoms with Gasteiger partial charge in [0.05, 0.1) is 17.6 Å². The van der Waals surface area contributed by atoms with Crippen molar-refractivity contribution in [2.24, 2.45) is 0 Å². The van der Waals surface area contributed by atoms with Gasteiger partial charge in [0.2, 0.25) is 0 Å². The quantitative estimate of drug-likeness (QED) is 0.661. The first-order valence-corrected chi connectivity index (χ1v) is 7.89. The minimum atomic E-state index is -3.94. The van der Waals surface area contributed by atoms with Crippen molar-refractivity contribution in [1.82, 2.24) is 10.1 Å². The van der Waals surface area contributed by atoms with Crippen LogP contribution in [-0.2, 0) is 16.7 Å². The predicted octanol–water partition coefficient (Wildman–Crippen LogP) is 1.16. The van der Waals surface area contributed by atoms with Crippen molar-refractivity contribution < 1.29 is 22.0 Å². The van der Waals surface area contributed by atoms with Crippen molar-refractivity contribution in [3.05, 3.63) is 42.1 Å². The van der Waals surface area contributed by atoms with Crippen molar-refractivity contribution in [2.75, 3.05) is 5.75 Å². The summed E-state index contributed by atoms with van der Waals surface area (Å²) in [6.45, 7) is 2.13. The fraction of sp³-hybridized carbons (Fsp3) is 0.308. The number of hydrogen-bond acceptors (Lipinski definition) is 4. The zero-order chi connectivity index (χ0) is 15.5. The number of aryl methyl sites for hydroxylation is 2. The summed E-state index contributed by atoms with van der Waals surface area (Å²) in [5, 5.41) is 4.14. The second-order valence-electron chi connectivity index (χ2n) is 4.64. The monoisotopic (exact) mass is 312 g/mol. The third-order valence-electron chi connectivity index (χ3n) is 2.88. The van der Waals surface area contributed by atoms with Crippen LogP contribution in [0.3, 0.4) is 0 Å². The second kappa shape index (κ2) is 6.23. The summed E-state index contributed by atoms with van der Waals surface area (Å²) in [5.41, 5.74) is 2.11. The topological polar surface area (TPSA) is 84.0 Å². The summed E-state index contributed by atoms with van der Waals surface area (Å²) < 4.78 is 44.4. The first-order chi connectivity index (χ1) is 9.85. The Morgan fingerprint density at radius 1 is 1.38 bits per heavy atom. The van der Waals surface area contributed by atoms with Crippen LogP contribution in [0, 0.1) is 12.7 Å². The van der Waals surface area contributed by atoms with Crippen LogP contribution in [0.2, 0.25) is 0 Å². The van der Waals surface area contributed by atoms with Gasteiger partial charge in [-0.15, -0.1) is 0 Å². The number of hydrogen-bond donors (Lipinski definition) is 1. The first-order valence-electron chi connectivity index (χ1n) is 6.28. The molecule has 2 heterocycles. The van der Waals surface area contributed by atoms with Crippen molar-refractivity contribution in [2.45, 2.75) is 19.9 Å². The molecule has 0 spiro atoms. The van der Waals surface area contributed by atoms with Crippen LogP contribution in [0.1, 0.15) is 12.0 Å². The maximum Gasteiger partial charge on any atom is 0.265 e. The molecule has 2 rings (SSSR count). The lowest BCUT2D eigenvalue weighted by Crippen LogP contribution is -2.38. The Kier molecular flexibility index (Phi) is 4.59. The predicted molar refractivity (Wildman–Crippen MR) is 73.4 cm³/mol. The Labute approximate surface area is 122 Å². The molecule has 0 aromatic carbocycles. The van der Waals surface area contributed by atoms with Crippen molar-refractivity contribution in [1.29, 1.82) is 0 Å². The Morgan fingerprint density at radius 2 is 2.14 bits per heavy atom. The van der Waals surface area contributed by atoms with Crippen molar-refractivity contribution in [3.63, 3.8) is 0 Å². The maximum absolute atomic E-state index is 13.0. The average Bonchev–Trinajstić information content (AvgIpc) is 2.38. The minimum absolute atomic E-state index is 0.268. The molecule has 112 valence electrons. The Bertz CT molecular complexity index is 733. The van der Waals surface area contributed by atoms with Crippen LogP contribution in [0.25, 0.3) is 11.3 Å². The number of aromatic nitrogens is 3. The molecule has 0 fully saturated rings. The molecule has 6 nitrogen and oxygen atoms in total. The van der Waals surface area contributed by atoms with E-state index in [-0.39, 0.29) is 18.0 Å². The highest BCUT2D eigenvalue weighted by molar-refractivity contribution is 7.85. The molecule has 8 heteroatoms. The van der Waals surface area contributed by atoms with E-state index in [0.717, 1.165) is 11.8 Å². The molecule has 0 aliphatic carbocycles. The molecule has 0 aliphatic rings. The number of pyridine rings is 1. The SMILES string of the molecule is Cc1cc(F)cnc1-c1cc[n+](CCCS(=O)(=O)O)nc1. The van der Waals surface area contributed by atoms with Gasteiger partial charge < -0.3 is 0 Å². The van der Waals surface area contributed by atoms with E-state index >= 15 is 0 Å². The summed E-state index contributed by atoms with van der Waals surface area (Å²) in [7, 11) is -3.94. The lowest BCUT2D eigenvalue weighted by atomic mass is 10.1. The molecule has 2 aromatic rings. The van der Waals surface area contributed by atoms with E-state index < -0.39 is 10.1 Å². The van der Waals surface area contributed by atoms with Crippen LogP contribution < -0.4 is 4.68 Å². The zero-order valence-electron chi connectivity index (χ0n) is 11.4. The largest absolute Gasteiger partial charge is 0.286 e. The van der Waals surface area contributed by atoms with E-state index in [9.17, 15) is 12.8 Å². The molecule has 2 aromatic heterocycles. The van der Waals surface area contributed by atoms with E-state index in [1.165, 1.54) is 6.07 Å². The molecular formula is C13H15FN3O3S+. The van der Waals surface area contributed by atoms with Gasteiger partial charge in [-0.25, -0.2) is 4.39 Å². The van der Waals surface area contributed by atoms with Crippen LogP contribution in [0.15, 0.2) is 30.7 Å². The summed E-state index contributed by atoms with van der Waals surface area (Å²) in [6, 6.07) is 3.17. The van der Waals surface area contributed by atoms with Gasteiger partial charge in [0.15, 0.2) is 12.7 Å². The molecule has 0 amide bonds. The molecule has 0 bridgehead atoms. The Balaban J connectivity index is 2.08. The zero-order valence-corrected chi connectivity index (χ0v) is 12.2. The second-order valence-corrected chi connectivity index (χ2v) is 6.21. The molecule has 0 saturated carbocycles. The van der Waals surface area contributed by atoms with Gasteiger partial charge in [-0.1, -0.05) is 4.68 Å². The highest BCUT2D eigenvalue weighted by Crippen LogP contribution is 2.19. The highest BCUT2D eigenvalue weighted by Gasteiger charge is 2.11. The van der Waals surface area contributed by atoms with E-state index in [1.807, 2.05) is 0 Å². The van der Waals surface area contributed by atoms with Gasteiger partial charge >= 0.3 is 0 Å². The van der Waals surface area contributed by atoms with E-state index in [2.05, 4.69) is 10.1 Å². The molecule has 0 unspecified atom stereocenters. The lowest BCUT2D eigenvalue weighted by molar-refractivity contribution is -0.753. The maximum atomic E-state index is 13.0. The number of rotatable bonds is 5. The van der Waals surface area contributed by atoms with Crippen LogP contribution >= 0.6 is 0 Å². The first kappa shape index (κ1) is 15.5. The Morgan fingerprint density at radius 3 is 2.71 bits per heavy atom. The highest BCUT2D eigenvalue weighted by atomic mass is 32.2. The standard InChI is InChI=1S/C13H14FN3O3S/c1-10-7-12(14)9-15-13(10)11-3-5-17(16-8-11)4-2-6-21(18,19)20/h3,5,7-9H,2,4,6H2,1H3/p+1. The van der Waals surface area contributed by atoms with Crippen LogP contribution in [0.5, 0.6) is 0 Å². The minimum Gasteiger partial charge on any atom is -0.286 e. The molecular weight excluding hydrogens is 297 g/mol. The van der Waals surface area contributed by atoms with Gasteiger partial charge in [0.25, 0.3) is 10.1 Å². The van der Waals surface area contributed by atoms with Gasteiger partial charge in [-0.2, -0.15) is 8.42 Å². The van der Waals surface area contributed by atoms with Gasteiger partial charge in [0.1, 0.15) is 12.0 Å². The van der Waals surface area contributed by atoms with Crippen molar-refractivity contribution in [3.8, 4) is 11.3 Å².